The Bertz CT molecular complexity index is 1330. The molecule has 0 aliphatic carbocycles. The smallest absolute Gasteiger partial charge is 0.339 e. The Balaban J connectivity index is 1.59. The van der Waals surface area contributed by atoms with Crippen molar-refractivity contribution >= 4 is 44.9 Å². The molecular formula is C24H21ClN2O6S. The monoisotopic (exact) mass is 500 g/mol. The molecule has 10 heteroatoms. The summed E-state index contributed by atoms with van der Waals surface area (Å²) in [6, 6.07) is 19.0. The predicted octanol–water partition coefficient (Wildman–Crippen LogP) is 4.11. The van der Waals surface area contributed by atoms with Gasteiger partial charge in [0.05, 0.1) is 34.3 Å². The van der Waals surface area contributed by atoms with Crippen LogP contribution in [0.1, 0.15) is 17.3 Å². The van der Waals surface area contributed by atoms with Crippen molar-refractivity contribution in [3.05, 3.63) is 83.4 Å². The highest BCUT2D eigenvalue weighted by molar-refractivity contribution is 7.92. The fraction of sp³-hybridized carbons (Fsp3) is 0.167. The van der Waals surface area contributed by atoms with Crippen LogP contribution in [0.4, 0.5) is 11.4 Å². The summed E-state index contributed by atoms with van der Waals surface area (Å²) in [5, 5.41) is 2.78. The number of nitrogens with zero attached hydrogens (tertiary/aromatic N) is 1. The third kappa shape index (κ3) is 4.71. The quantitative estimate of drug-likeness (QED) is 0.511. The lowest BCUT2D eigenvalue weighted by molar-refractivity contribution is -0.122. The maximum Gasteiger partial charge on any atom is 0.339 e. The summed E-state index contributed by atoms with van der Waals surface area (Å²) in [5.41, 5.74) is 0.838. The van der Waals surface area contributed by atoms with Crippen LogP contribution in [-0.2, 0) is 19.6 Å². The zero-order valence-corrected chi connectivity index (χ0v) is 19.7. The van der Waals surface area contributed by atoms with E-state index in [2.05, 4.69) is 5.32 Å². The number of benzene rings is 3. The molecule has 0 bridgehead atoms. The molecule has 1 unspecified atom stereocenters. The van der Waals surface area contributed by atoms with Gasteiger partial charge in [-0.1, -0.05) is 41.9 Å². The number of hydrogen-bond donors (Lipinski definition) is 1. The molecular weight excluding hydrogens is 480 g/mol. The molecule has 176 valence electrons. The van der Waals surface area contributed by atoms with Crippen LogP contribution in [0.25, 0.3) is 0 Å². The fourth-order valence-corrected chi connectivity index (χ4v) is 5.23. The van der Waals surface area contributed by atoms with Crippen LogP contribution in [0.15, 0.2) is 77.7 Å². The average molecular weight is 501 g/mol. The molecule has 0 aromatic heterocycles. The van der Waals surface area contributed by atoms with E-state index >= 15 is 0 Å². The average Bonchev–Trinajstić information content (AvgIpc) is 2.84. The molecule has 4 rings (SSSR count). The minimum Gasteiger partial charge on any atom is -0.476 e. The second kappa shape index (κ2) is 9.74. The van der Waals surface area contributed by atoms with E-state index in [0.717, 1.165) is 0 Å². The van der Waals surface area contributed by atoms with Gasteiger partial charge in [-0.2, -0.15) is 0 Å². The first-order chi connectivity index (χ1) is 16.3. The molecule has 0 saturated heterocycles. The first-order valence-electron chi connectivity index (χ1n) is 10.4. The molecule has 1 aliphatic rings. The number of fused-ring (bicyclic) bond motifs is 1. The Morgan fingerprint density at radius 3 is 2.50 bits per heavy atom. The van der Waals surface area contributed by atoms with Crippen molar-refractivity contribution in [2.24, 2.45) is 0 Å². The summed E-state index contributed by atoms with van der Waals surface area (Å²) in [4.78, 5) is 25.1. The van der Waals surface area contributed by atoms with Crippen molar-refractivity contribution in [1.29, 1.82) is 0 Å². The molecule has 3 aromatic carbocycles. The van der Waals surface area contributed by atoms with Gasteiger partial charge in [-0.3, -0.25) is 9.10 Å². The van der Waals surface area contributed by atoms with Crippen molar-refractivity contribution in [2.45, 2.75) is 17.9 Å². The van der Waals surface area contributed by atoms with Gasteiger partial charge in [0, 0.05) is 5.69 Å². The lowest BCUT2D eigenvalue weighted by Gasteiger charge is -2.34. The predicted molar refractivity (Wildman–Crippen MR) is 128 cm³/mol. The van der Waals surface area contributed by atoms with E-state index < -0.39 is 28.0 Å². The summed E-state index contributed by atoms with van der Waals surface area (Å²) in [6.45, 7) is 1.66. The molecule has 0 saturated carbocycles. The number of anilines is 2. The SMILES string of the molecule is CCOC(=O)c1ccc(NC(=O)C2CN(S(=O)(=O)c3ccccc3)c3ccccc3O2)cc1Cl. The van der Waals surface area contributed by atoms with Gasteiger partial charge in [0.1, 0.15) is 5.75 Å². The van der Waals surface area contributed by atoms with Crippen LogP contribution in [0.2, 0.25) is 5.02 Å². The van der Waals surface area contributed by atoms with Crippen molar-refractivity contribution in [3.63, 3.8) is 0 Å². The number of hydrogen-bond acceptors (Lipinski definition) is 6. The summed E-state index contributed by atoms with van der Waals surface area (Å²) in [7, 11) is -3.94. The largest absolute Gasteiger partial charge is 0.476 e. The first-order valence-corrected chi connectivity index (χ1v) is 12.2. The fourth-order valence-electron chi connectivity index (χ4n) is 3.48. The number of carbonyl (C=O) groups excluding carboxylic acids is 2. The topological polar surface area (TPSA) is 102 Å². The molecule has 1 N–H and O–H groups in total. The second-order valence-corrected chi connectivity index (χ2v) is 9.60. The van der Waals surface area contributed by atoms with Gasteiger partial charge in [0.25, 0.3) is 15.9 Å². The van der Waals surface area contributed by atoms with E-state index in [4.69, 9.17) is 21.1 Å². The number of nitrogens with one attached hydrogen (secondary N) is 1. The molecule has 1 aliphatic heterocycles. The highest BCUT2D eigenvalue weighted by Gasteiger charge is 2.37. The van der Waals surface area contributed by atoms with Crippen LogP contribution >= 0.6 is 11.6 Å². The van der Waals surface area contributed by atoms with Gasteiger partial charge in [-0.15, -0.1) is 0 Å². The highest BCUT2D eigenvalue weighted by Crippen LogP contribution is 2.37. The van der Waals surface area contributed by atoms with E-state index in [1.807, 2.05) is 0 Å². The summed E-state index contributed by atoms with van der Waals surface area (Å²) in [5.74, 6) is -0.869. The molecule has 0 fully saturated rings. The summed E-state index contributed by atoms with van der Waals surface area (Å²) >= 11 is 6.18. The lowest BCUT2D eigenvalue weighted by Crippen LogP contribution is -2.48. The van der Waals surface area contributed by atoms with Crippen molar-refractivity contribution in [2.75, 3.05) is 22.8 Å². The highest BCUT2D eigenvalue weighted by atomic mass is 35.5. The third-order valence-corrected chi connectivity index (χ3v) is 7.20. The zero-order valence-electron chi connectivity index (χ0n) is 18.1. The number of ether oxygens (including phenoxy) is 2. The molecule has 34 heavy (non-hydrogen) atoms. The first kappa shape index (κ1) is 23.6. The number of para-hydroxylation sites is 2. The molecule has 1 heterocycles. The van der Waals surface area contributed by atoms with Crippen LogP contribution in [0.5, 0.6) is 5.75 Å². The Labute approximate surface area is 202 Å². The van der Waals surface area contributed by atoms with Gasteiger partial charge in [-0.05, 0) is 49.4 Å². The molecule has 1 atom stereocenters. The van der Waals surface area contributed by atoms with Gasteiger partial charge in [0.2, 0.25) is 0 Å². The van der Waals surface area contributed by atoms with Crippen LogP contribution in [0.3, 0.4) is 0 Å². The number of rotatable bonds is 6. The van der Waals surface area contributed by atoms with Crippen molar-refractivity contribution < 1.29 is 27.5 Å². The van der Waals surface area contributed by atoms with Crippen LogP contribution < -0.4 is 14.4 Å². The number of carbonyl (C=O) groups is 2. The summed E-state index contributed by atoms with van der Waals surface area (Å²) < 4.78 is 38.6. The normalized spacial score (nSPS) is 15.1. The van der Waals surface area contributed by atoms with E-state index in [1.54, 1.807) is 49.4 Å². The lowest BCUT2D eigenvalue weighted by atomic mass is 10.2. The summed E-state index contributed by atoms with van der Waals surface area (Å²) in [6.07, 6.45) is -1.13. The maximum atomic E-state index is 13.4. The Hall–Kier alpha value is -3.56. The number of amides is 1. The van der Waals surface area contributed by atoms with E-state index in [0.29, 0.717) is 11.4 Å². The van der Waals surface area contributed by atoms with Gasteiger partial charge >= 0.3 is 5.97 Å². The zero-order chi connectivity index (χ0) is 24.3. The second-order valence-electron chi connectivity index (χ2n) is 7.33. The minimum atomic E-state index is -3.94. The van der Waals surface area contributed by atoms with Gasteiger partial charge in [-0.25, -0.2) is 13.2 Å². The molecule has 0 radical (unpaired) electrons. The molecule has 8 nitrogen and oxygen atoms in total. The molecule has 1 amide bonds. The standard InChI is InChI=1S/C24H21ClN2O6S/c1-2-32-24(29)18-13-12-16(14-19(18)25)26-23(28)22-15-27(20-10-6-7-11-21(20)33-22)34(30,31)17-8-4-3-5-9-17/h3-14,22H,2,15H2,1H3,(H,26,28). The number of esters is 1. The Morgan fingerprint density at radius 1 is 1.09 bits per heavy atom. The van der Waals surface area contributed by atoms with Crippen LogP contribution in [-0.4, -0.2) is 39.5 Å². The van der Waals surface area contributed by atoms with Crippen LogP contribution in [0, 0.1) is 0 Å². The Morgan fingerprint density at radius 2 is 1.79 bits per heavy atom. The van der Waals surface area contributed by atoms with E-state index in [-0.39, 0.29) is 34.4 Å². The van der Waals surface area contributed by atoms with E-state index in [9.17, 15) is 18.0 Å². The third-order valence-electron chi connectivity index (χ3n) is 5.09. The number of halogens is 1. The molecule has 3 aromatic rings. The van der Waals surface area contributed by atoms with E-state index in [1.165, 1.54) is 34.6 Å². The van der Waals surface area contributed by atoms with Gasteiger partial charge < -0.3 is 14.8 Å². The molecule has 0 spiro atoms. The maximum absolute atomic E-state index is 13.4. The Kier molecular flexibility index (Phi) is 6.76. The van der Waals surface area contributed by atoms with Gasteiger partial charge in [0.15, 0.2) is 6.10 Å². The minimum absolute atomic E-state index is 0.104. The van der Waals surface area contributed by atoms with Crippen molar-refractivity contribution in [3.8, 4) is 5.75 Å². The number of sulfonamides is 1. The van der Waals surface area contributed by atoms with Crippen molar-refractivity contribution in [1.82, 2.24) is 0 Å².